The van der Waals surface area contributed by atoms with Gasteiger partial charge in [0.15, 0.2) is 46.3 Å². The molecular weight excluding hydrogens is 1450 g/mol. The Labute approximate surface area is 643 Å². The van der Waals surface area contributed by atoms with Crippen LogP contribution in [0.2, 0.25) is 0 Å². The smallest absolute Gasteiger partial charge is 0.173 e. The zero-order chi connectivity index (χ0) is 82.8. The number of aliphatic hydroxyl groups excluding tert-OH is 16. The molecule has 112 heavy (non-hydrogen) atoms. The summed E-state index contributed by atoms with van der Waals surface area (Å²) in [7, 11) is 0. The van der Waals surface area contributed by atoms with E-state index in [1.807, 2.05) is 0 Å². The first kappa shape index (κ1) is 86.2. The predicted molar refractivity (Wildman–Crippen MR) is 413 cm³/mol. The Kier molecular flexibility index (Phi) is 25.8. The average Bonchev–Trinajstić information content (AvgIpc) is 1.48. The van der Waals surface area contributed by atoms with Gasteiger partial charge in [-0.25, -0.2) is 9.97 Å². The van der Waals surface area contributed by atoms with Gasteiger partial charge in [0, 0.05) is 88.8 Å². The third kappa shape index (κ3) is 15.8. The molecule has 28 nitrogen and oxygen atoms in total. The third-order valence-corrected chi connectivity index (χ3v) is 21.7. The number of benzene rings is 4. The lowest BCUT2D eigenvalue weighted by atomic mass is 9.79. The van der Waals surface area contributed by atoms with Crippen molar-refractivity contribution in [3.05, 3.63) is 164 Å². The van der Waals surface area contributed by atoms with Crippen molar-refractivity contribution in [3.8, 4) is 44.5 Å². The van der Waals surface area contributed by atoms with Crippen LogP contribution in [0.3, 0.4) is 0 Å². The minimum absolute atomic E-state index is 0.0123. The number of aromatic nitrogens is 4. The van der Waals surface area contributed by atoms with E-state index in [2.05, 4.69) is 9.97 Å². The summed E-state index contributed by atoms with van der Waals surface area (Å²) in [5.41, 5.74) is -17.7. The largest absolute Gasteiger partial charge is 0.395 e. The van der Waals surface area contributed by atoms with Gasteiger partial charge in [-0.15, -0.1) is 0 Å². The van der Waals surface area contributed by atoms with Crippen LogP contribution in [0.25, 0.3) is 90.9 Å². The summed E-state index contributed by atoms with van der Waals surface area (Å²) in [5, 5.41) is 171. The summed E-state index contributed by atoms with van der Waals surface area (Å²) in [6.45, 7) is -4.41. The molecule has 5 heterocycles. The summed E-state index contributed by atoms with van der Waals surface area (Å²) in [6, 6.07) is 21.4. The van der Waals surface area contributed by atoms with E-state index >= 15 is 0 Å². The summed E-state index contributed by atoms with van der Waals surface area (Å²) in [5.74, 6) is -7.11. The summed E-state index contributed by atoms with van der Waals surface area (Å²) in [6.07, 6.45) is 5.96. The second-order valence-electron chi connectivity index (χ2n) is 31.3. The summed E-state index contributed by atoms with van der Waals surface area (Å²) >= 11 is 0. The number of carbonyl (C=O) groups is 8. The van der Waals surface area contributed by atoms with Crippen LogP contribution >= 0.6 is 0 Å². The predicted octanol–water partition coefficient (Wildman–Crippen LogP) is 4.71. The molecule has 0 saturated carbocycles. The molecule has 0 amide bonds. The van der Waals surface area contributed by atoms with Crippen molar-refractivity contribution >= 4 is 92.6 Å². The number of fused-ring (bicyclic) bond motifs is 8. The highest BCUT2D eigenvalue weighted by molar-refractivity contribution is 6.13. The van der Waals surface area contributed by atoms with Crippen LogP contribution < -0.4 is 0 Å². The molecule has 2 aliphatic rings. The number of aromatic amines is 2. The van der Waals surface area contributed by atoms with E-state index in [0.717, 1.165) is 24.3 Å². The summed E-state index contributed by atoms with van der Waals surface area (Å²) < 4.78 is 0. The Balaban J connectivity index is 1.63. The number of carbonyl (C=O) groups excluding carboxylic acids is 8. The molecule has 594 valence electrons. The normalized spacial score (nSPS) is 13.1. The van der Waals surface area contributed by atoms with Crippen molar-refractivity contribution in [1.29, 1.82) is 0 Å². The Bertz CT molecular complexity index is 4310. The van der Waals surface area contributed by atoms with Gasteiger partial charge in [0.05, 0.1) is 172 Å². The van der Waals surface area contributed by atoms with E-state index in [9.17, 15) is 120 Å². The van der Waals surface area contributed by atoms with E-state index in [0.29, 0.717) is 0 Å². The van der Waals surface area contributed by atoms with Crippen molar-refractivity contribution in [2.45, 2.75) is 55.4 Å². The van der Waals surface area contributed by atoms with E-state index in [-0.39, 0.29) is 134 Å². The number of nitrogens with one attached hydrogen (secondary N) is 2. The quantitative estimate of drug-likeness (QED) is 0.0236. The fraction of sp³-hybridized carbons (Fsp3) is 0.381. The number of nitrogens with zero attached hydrogens (tertiary/aromatic N) is 2. The van der Waals surface area contributed by atoms with E-state index in [4.69, 9.17) is 9.97 Å². The highest BCUT2D eigenvalue weighted by atomic mass is 16.3. The minimum atomic E-state index is -1.91. The Morgan fingerprint density at radius 1 is 0.232 bits per heavy atom. The molecule has 0 atom stereocenters. The van der Waals surface area contributed by atoms with Gasteiger partial charge in [0.25, 0.3) is 0 Å². The molecule has 9 rings (SSSR count). The molecule has 3 aromatic heterocycles. The molecule has 2 aliphatic heterocycles. The Morgan fingerprint density at radius 2 is 0.357 bits per heavy atom. The number of H-pyrrole nitrogens is 2. The van der Waals surface area contributed by atoms with E-state index < -0.39 is 195 Å². The maximum absolute atomic E-state index is 14.9. The van der Waals surface area contributed by atoms with Crippen molar-refractivity contribution in [2.75, 3.05) is 106 Å². The second kappa shape index (κ2) is 33.5. The molecular formula is C84H94N4O24. The van der Waals surface area contributed by atoms with Crippen molar-refractivity contribution in [1.82, 2.24) is 19.9 Å². The van der Waals surface area contributed by atoms with E-state index in [1.54, 1.807) is 0 Å². The van der Waals surface area contributed by atoms with Gasteiger partial charge < -0.3 is 91.7 Å². The molecule has 0 radical (unpaired) electrons. The Hall–Kier alpha value is -9.80. The van der Waals surface area contributed by atoms with Crippen LogP contribution in [-0.2, 0) is 0 Å². The van der Waals surface area contributed by atoms with Gasteiger partial charge in [-0.3, -0.25) is 38.4 Å². The molecule has 0 fully saturated rings. The highest BCUT2D eigenvalue weighted by Gasteiger charge is 2.43. The first-order valence-electron chi connectivity index (χ1n) is 35.8. The standard InChI is InChI=1S/C84H94N4O24/c1-77(29-89,30-90)69(105)49-17-45(18-50(25-49)70(106)78(2,31-91)32-92)65-57-9-11-59(85-57)66(46-19-51(71(107)79(3,33-93)34-94)26-52(20-46)72(108)80(4,35-95)36-96)61-13-15-63(87-61)68(48-23-55(75(111)83(7,41-101)42-102)28-56(24-48)76(112)84(8,43-103)44-104)64-16-14-62(88-64)67(60-12-10-58(65)86-60)47-21-53(73(109)81(5,37-97)38-98)27-54(22-47)74(110)82(6,39-99)40-100/h9-28,85,88-104H,29-44H2,1-8H3. The monoisotopic (exact) mass is 1540 g/mol. The number of Topliss-reactive ketones (excluding diaryl/α,β-unsaturated/α-hetero) is 8. The maximum Gasteiger partial charge on any atom is 0.173 e. The first-order valence-corrected chi connectivity index (χ1v) is 35.8. The van der Waals surface area contributed by atoms with Crippen molar-refractivity contribution in [3.63, 3.8) is 0 Å². The Morgan fingerprint density at radius 3 is 0.473 bits per heavy atom. The summed E-state index contributed by atoms with van der Waals surface area (Å²) in [4.78, 5) is 137. The molecule has 8 bridgehead atoms. The van der Waals surface area contributed by atoms with Crippen LogP contribution in [-0.4, -0.2) is 254 Å². The van der Waals surface area contributed by atoms with Gasteiger partial charge in [-0.2, -0.15) is 0 Å². The molecule has 0 unspecified atom stereocenters. The van der Waals surface area contributed by atoms with Crippen LogP contribution in [0.15, 0.2) is 97.1 Å². The first-order chi connectivity index (χ1) is 52.9. The van der Waals surface area contributed by atoms with Crippen molar-refractivity contribution < 1.29 is 120 Å². The third-order valence-electron chi connectivity index (χ3n) is 21.7. The SMILES string of the molecule is CC(CO)(CO)C(=O)c1cc(C(=O)C(C)(CO)CO)cc(-c2c3nc(c(-c4cc(C(=O)C(C)(CO)CO)cc(C(=O)C(C)(CO)CO)c4)c4ccc([nH]4)c(-c4cc(C(=O)C(C)(CO)CO)cc(C(=O)C(C)(CO)CO)c4)c4nc(c(-c5cc(C(=O)C(C)(CO)CO)cc(C(=O)C(C)(CO)CO)c5)c5ccc2[nH]5)C=C4)C=C3)c1. The average molecular weight is 1540 g/mol. The van der Waals surface area contributed by atoms with Gasteiger partial charge >= 0.3 is 0 Å². The molecule has 18 N–H and O–H groups in total. The van der Waals surface area contributed by atoms with Gasteiger partial charge in [0.1, 0.15) is 0 Å². The number of hydrogen-bond acceptors (Lipinski definition) is 26. The molecule has 7 aromatic rings. The number of aliphatic hydroxyl groups is 16. The molecule has 0 saturated heterocycles. The molecule has 4 aromatic carbocycles. The highest BCUT2D eigenvalue weighted by Crippen LogP contribution is 2.44. The number of ketones is 8. The van der Waals surface area contributed by atoms with Crippen LogP contribution in [0, 0.1) is 43.3 Å². The number of hydrogen-bond donors (Lipinski definition) is 18. The second-order valence-corrected chi connectivity index (χ2v) is 31.3. The van der Waals surface area contributed by atoms with Crippen LogP contribution in [0.1, 0.15) is 161 Å². The topological polar surface area (TPSA) is 518 Å². The van der Waals surface area contributed by atoms with Crippen LogP contribution in [0.4, 0.5) is 0 Å². The fourth-order valence-corrected chi connectivity index (χ4v) is 12.9. The van der Waals surface area contributed by atoms with Gasteiger partial charge in [-0.1, -0.05) is 0 Å². The molecule has 0 spiro atoms. The van der Waals surface area contributed by atoms with Crippen LogP contribution in [0.5, 0.6) is 0 Å². The zero-order valence-electron chi connectivity index (χ0n) is 63.2. The lowest BCUT2D eigenvalue weighted by Crippen LogP contribution is -2.37. The zero-order valence-corrected chi connectivity index (χ0v) is 63.2. The maximum atomic E-state index is 14.9. The number of rotatable bonds is 36. The van der Waals surface area contributed by atoms with E-state index in [1.165, 1.54) is 152 Å². The van der Waals surface area contributed by atoms with Gasteiger partial charge in [0.2, 0.25) is 0 Å². The van der Waals surface area contributed by atoms with Gasteiger partial charge in [-0.05, 0) is 199 Å². The lowest BCUT2D eigenvalue weighted by Gasteiger charge is -2.26. The molecule has 28 heteroatoms. The lowest BCUT2D eigenvalue weighted by molar-refractivity contribution is 0.0465. The fourth-order valence-electron chi connectivity index (χ4n) is 12.9. The molecule has 0 aliphatic carbocycles. The van der Waals surface area contributed by atoms with Crippen molar-refractivity contribution in [2.24, 2.45) is 43.3 Å². The minimum Gasteiger partial charge on any atom is -0.395 e.